The van der Waals surface area contributed by atoms with Crippen LogP contribution in [0.15, 0.2) is 36.9 Å². The number of imidazole rings is 1. The van der Waals surface area contributed by atoms with Crippen molar-refractivity contribution < 1.29 is 29.3 Å². The Balaban J connectivity index is 1.22. The Labute approximate surface area is 214 Å². The largest absolute Gasteiger partial charge is 0.465 e. The number of carbonyl (C=O) groups is 2. The molecule has 37 heavy (non-hydrogen) atoms. The van der Waals surface area contributed by atoms with Gasteiger partial charge in [0.1, 0.15) is 35.9 Å². The van der Waals surface area contributed by atoms with Gasteiger partial charge in [0.05, 0.1) is 19.0 Å². The fourth-order valence-electron chi connectivity index (χ4n) is 4.51. The molecule has 1 aliphatic rings. The second-order valence-electron chi connectivity index (χ2n) is 9.26. The summed E-state index contributed by atoms with van der Waals surface area (Å²) in [5.41, 5.74) is 7.86. The van der Waals surface area contributed by atoms with Crippen LogP contribution in [0.5, 0.6) is 0 Å². The summed E-state index contributed by atoms with van der Waals surface area (Å²) in [6, 6.07) is 6.90. The van der Waals surface area contributed by atoms with E-state index in [-0.39, 0.29) is 18.0 Å². The number of likely N-dealkylation sites (N-methyl/N-ethyl adjacent to an activating group) is 1. The van der Waals surface area contributed by atoms with E-state index in [1.165, 1.54) is 19.8 Å². The molecule has 198 valence electrons. The zero-order valence-corrected chi connectivity index (χ0v) is 20.9. The second-order valence-corrected chi connectivity index (χ2v) is 9.26. The lowest BCUT2D eigenvalue weighted by molar-refractivity contribution is -0.118. The quantitative estimate of drug-likeness (QED) is 0.245. The van der Waals surface area contributed by atoms with E-state index in [9.17, 15) is 19.8 Å². The summed E-state index contributed by atoms with van der Waals surface area (Å²) in [5.74, 6) is -0.104. The fourth-order valence-corrected chi connectivity index (χ4v) is 4.51. The number of nitrogens with two attached hydrogens (primary N) is 1. The topological polar surface area (TPSA) is 166 Å². The van der Waals surface area contributed by atoms with Gasteiger partial charge >= 0.3 is 5.97 Å². The van der Waals surface area contributed by atoms with Crippen LogP contribution in [0.1, 0.15) is 41.4 Å². The van der Waals surface area contributed by atoms with E-state index in [1.54, 1.807) is 22.8 Å². The van der Waals surface area contributed by atoms with Crippen molar-refractivity contribution in [2.75, 3.05) is 33.0 Å². The molecule has 4 N–H and O–H groups in total. The van der Waals surface area contributed by atoms with Crippen molar-refractivity contribution >= 4 is 28.7 Å². The number of Topliss-reactive ketones (excluding diaryl/α,β-unsaturated/α-hetero) is 1. The first-order chi connectivity index (χ1) is 17.8. The molecule has 0 bridgehead atoms. The summed E-state index contributed by atoms with van der Waals surface area (Å²) in [6.07, 6.45) is 1.22. The van der Waals surface area contributed by atoms with Crippen molar-refractivity contribution in [2.24, 2.45) is 0 Å². The van der Waals surface area contributed by atoms with E-state index in [1.807, 2.05) is 18.0 Å². The number of rotatable bonds is 11. The number of methoxy groups -OCH3 is 1. The average Bonchev–Trinajstić information content (AvgIpc) is 3.43. The van der Waals surface area contributed by atoms with Crippen molar-refractivity contribution in [2.45, 2.75) is 50.2 Å². The lowest BCUT2D eigenvalue weighted by Crippen LogP contribution is -2.38. The lowest BCUT2D eigenvalue weighted by Gasteiger charge is -2.22. The third-order valence-corrected chi connectivity index (χ3v) is 6.48. The predicted octanol–water partition coefficient (Wildman–Crippen LogP) is 0.728. The minimum absolute atomic E-state index is 0.0992. The minimum atomic E-state index is -1.16. The molecule has 3 heterocycles. The van der Waals surface area contributed by atoms with Crippen molar-refractivity contribution in [3.63, 3.8) is 0 Å². The first kappa shape index (κ1) is 26.6. The number of esters is 1. The molecule has 1 saturated heterocycles. The molecule has 12 heteroatoms. The highest BCUT2D eigenvalue weighted by Gasteiger charge is 2.44. The highest BCUT2D eigenvalue weighted by molar-refractivity contribution is 5.90. The minimum Gasteiger partial charge on any atom is -0.465 e. The van der Waals surface area contributed by atoms with E-state index in [2.05, 4.69) is 15.0 Å². The number of aliphatic hydroxyl groups excluding tert-OH is 2. The van der Waals surface area contributed by atoms with Crippen molar-refractivity contribution in [3.8, 4) is 0 Å². The summed E-state index contributed by atoms with van der Waals surface area (Å²) in [5, 5.41) is 21.2. The van der Waals surface area contributed by atoms with Crippen molar-refractivity contribution in [3.05, 3.63) is 48.0 Å². The molecule has 0 unspecified atom stereocenters. The third-order valence-electron chi connectivity index (χ3n) is 6.48. The average molecular weight is 513 g/mol. The number of unbranched alkanes of at least 4 members (excludes halogenated alkanes) is 1. The Morgan fingerprint density at radius 3 is 2.78 bits per heavy atom. The number of nitrogen functional groups attached to an aromatic ring is 1. The molecular formula is C25H32N6O6. The molecule has 1 aliphatic heterocycles. The number of hydrogen-bond donors (Lipinski definition) is 3. The van der Waals surface area contributed by atoms with Crippen LogP contribution < -0.4 is 5.73 Å². The molecule has 1 fully saturated rings. The maximum absolute atomic E-state index is 12.4. The van der Waals surface area contributed by atoms with Crippen LogP contribution in [-0.2, 0) is 20.7 Å². The van der Waals surface area contributed by atoms with Gasteiger partial charge in [0.15, 0.2) is 17.7 Å². The van der Waals surface area contributed by atoms with Crippen molar-refractivity contribution in [1.82, 2.24) is 24.4 Å². The Morgan fingerprint density at radius 2 is 2.00 bits per heavy atom. The van der Waals surface area contributed by atoms with Crippen molar-refractivity contribution in [1.29, 1.82) is 0 Å². The SMILES string of the molecule is COC(=O)c1cccc(CC(=O)CCCCN(C)C[C@H]2O[C@@H](n3cnc4c(N)ncnc43)[C@H](O)[C@@H]2O)c1. The van der Waals surface area contributed by atoms with Crippen LogP contribution in [0.25, 0.3) is 11.2 Å². The van der Waals surface area contributed by atoms with Gasteiger partial charge in [0, 0.05) is 19.4 Å². The first-order valence-corrected chi connectivity index (χ1v) is 12.1. The van der Waals surface area contributed by atoms with Crippen LogP contribution in [0.4, 0.5) is 5.82 Å². The van der Waals surface area contributed by atoms with Crippen LogP contribution in [0, 0.1) is 0 Å². The van der Waals surface area contributed by atoms with Gasteiger partial charge in [-0.1, -0.05) is 12.1 Å². The number of anilines is 1. The van der Waals surface area contributed by atoms with Crippen LogP contribution in [0.3, 0.4) is 0 Å². The molecule has 4 atom stereocenters. The van der Waals surface area contributed by atoms with E-state index >= 15 is 0 Å². The second kappa shape index (κ2) is 11.7. The highest BCUT2D eigenvalue weighted by Crippen LogP contribution is 2.32. The predicted molar refractivity (Wildman–Crippen MR) is 133 cm³/mol. The Hall–Kier alpha value is -3.45. The van der Waals surface area contributed by atoms with Crippen LogP contribution in [0.2, 0.25) is 0 Å². The smallest absolute Gasteiger partial charge is 0.337 e. The standard InChI is InChI=1S/C25H32N6O6/c1-30(9-4-3-8-17(32)11-15-6-5-7-16(10-15)25(35)36-2)12-18-20(33)21(34)24(37-18)31-14-29-19-22(26)27-13-28-23(19)31/h5-7,10,13-14,18,20-21,24,33-34H,3-4,8-9,11-12H2,1-2H3,(H2,26,27,28)/t18-,20-,21-,24-/m1/s1. The Kier molecular flexibility index (Phi) is 8.44. The third kappa shape index (κ3) is 6.10. The van der Waals surface area contributed by atoms with Gasteiger partial charge in [-0.25, -0.2) is 19.7 Å². The molecule has 0 amide bonds. The summed E-state index contributed by atoms with van der Waals surface area (Å²) >= 11 is 0. The summed E-state index contributed by atoms with van der Waals surface area (Å²) in [4.78, 5) is 38.3. The zero-order chi connectivity index (χ0) is 26.5. The van der Waals surface area contributed by atoms with E-state index in [0.717, 1.165) is 12.0 Å². The summed E-state index contributed by atoms with van der Waals surface area (Å²) < 4.78 is 12.3. The molecule has 0 radical (unpaired) electrons. The molecule has 12 nitrogen and oxygen atoms in total. The number of aromatic nitrogens is 4. The maximum atomic E-state index is 12.4. The number of aliphatic hydroxyl groups is 2. The van der Waals surface area contributed by atoms with E-state index in [0.29, 0.717) is 42.7 Å². The normalized spacial score (nSPS) is 21.5. The summed E-state index contributed by atoms with van der Waals surface area (Å²) in [6.45, 7) is 1.09. The Bertz CT molecular complexity index is 1250. The molecule has 1 aromatic carbocycles. The number of benzene rings is 1. The number of carbonyl (C=O) groups excluding carboxylic acids is 2. The Morgan fingerprint density at radius 1 is 1.19 bits per heavy atom. The fraction of sp³-hybridized carbons (Fsp3) is 0.480. The molecule has 0 aliphatic carbocycles. The molecule has 4 rings (SSSR count). The molecule has 2 aromatic heterocycles. The van der Waals surface area contributed by atoms with Gasteiger partial charge < -0.3 is 30.3 Å². The van der Waals surface area contributed by atoms with E-state index < -0.39 is 30.5 Å². The van der Waals surface area contributed by atoms with Crippen LogP contribution in [-0.4, -0.2) is 91.9 Å². The van der Waals surface area contributed by atoms with Gasteiger partial charge in [-0.05, 0) is 44.1 Å². The monoisotopic (exact) mass is 512 g/mol. The van der Waals surface area contributed by atoms with E-state index in [4.69, 9.17) is 15.2 Å². The van der Waals surface area contributed by atoms with Gasteiger partial charge in [0.25, 0.3) is 0 Å². The zero-order valence-electron chi connectivity index (χ0n) is 20.9. The van der Waals surface area contributed by atoms with Gasteiger partial charge in [-0.3, -0.25) is 9.36 Å². The van der Waals surface area contributed by atoms with Gasteiger partial charge in [0.2, 0.25) is 0 Å². The summed E-state index contributed by atoms with van der Waals surface area (Å²) in [7, 11) is 3.22. The maximum Gasteiger partial charge on any atom is 0.337 e. The van der Waals surface area contributed by atoms with Gasteiger partial charge in [-0.15, -0.1) is 0 Å². The number of hydrogen-bond acceptors (Lipinski definition) is 11. The van der Waals surface area contributed by atoms with Crippen LogP contribution >= 0.6 is 0 Å². The number of fused-ring (bicyclic) bond motifs is 1. The molecule has 3 aromatic rings. The van der Waals surface area contributed by atoms with Gasteiger partial charge in [-0.2, -0.15) is 0 Å². The number of ether oxygens (including phenoxy) is 2. The molecule has 0 saturated carbocycles. The lowest BCUT2D eigenvalue weighted by atomic mass is 10.0. The first-order valence-electron chi connectivity index (χ1n) is 12.1. The number of ketones is 1. The highest BCUT2D eigenvalue weighted by atomic mass is 16.6. The number of nitrogens with zero attached hydrogens (tertiary/aromatic N) is 5. The molecular weight excluding hydrogens is 480 g/mol. The molecule has 0 spiro atoms.